The lowest BCUT2D eigenvalue weighted by Gasteiger charge is -2.24. The van der Waals surface area contributed by atoms with Crippen LogP contribution in [0.2, 0.25) is 0 Å². The van der Waals surface area contributed by atoms with Gasteiger partial charge in [0, 0.05) is 38.6 Å². The van der Waals surface area contributed by atoms with Gasteiger partial charge in [-0.15, -0.1) is 0 Å². The van der Waals surface area contributed by atoms with Gasteiger partial charge in [-0.05, 0) is 36.1 Å². The standard InChI is InChI=1S/C20H21N5O/c1-23-10-3-4-16-12-15(6-8-19(16)23)5-7-18-20(26)9-11-25(22-18)17-13-21-24(2)14-17/h3-4,6,8-9,11-14H,5,7,10H2,1-2H3. The van der Waals surface area contributed by atoms with E-state index in [1.807, 2.05) is 13.2 Å². The van der Waals surface area contributed by atoms with Gasteiger partial charge in [-0.25, -0.2) is 4.68 Å². The molecule has 0 spiro atoms. The van der Waals surface area contributed by atoms with Gasteiger partial charge in [-0.2, -0.15) is 10.2 Å². The highest BCUT2D eigenvalue weighted by atomic mass is 16.1. The van der Waals surface area contributed by atoms with Crippen molar-refractivity contribution in [2.24, 2.45) is 7.05 Å². The molecular formula is C20H21N5O. The number of anilines is 1. The smallest absolute Gasteiger partial charge is 0.203 e. The lowest BCUT2D eigenvalue weighted by molar-refractivity contribution is 0.754. The Kier molecular flexibility index (Phi) is 4.16. The lowest BCUT2D eigenvalue weighted by atomic mass is 10.0. The van der Waals surface area contributed by atoms with Crippen LogP contribution in [0, 0.1) is 0 Å². The predicted octanol–water partition coefficient (Wildman–Crippen LogP) is 2.21. The molecule has 6 heteroatoms. The monoisotopic (exact) mass is 347 g/mol. The van der Waals surface area contributed by atoms with Gasteiger partial charge in [0.05, 0.1) is 12.4 Å². The molecule has 3 heterocycles. The topological polar surface area (TPSA) is 56.0 Å². The Morgan fingerprint density at radius 3 is 2.85 bits per heavy atom. The van der Waals surface area contributed by atoms with Crippen molar-refractivity contribution in [3.05, 3.63) is 76.0 Å². The van der Waals surface area contributed by atoms with Crippen molar-refractivity contribution in [2.45, 2.75) is 12.8 Å². The number of likely N-dealkylation sites (N-methyl/N-ethyl adjacent to an activating group) is 1. The Balaban J connectivity index is 1.55. The summed E-state index contributed by atoms with van der Waals surface area (Å²) in [6.45, 7) is 0.939. The Morgan fingerprint density at radius 2 is 2.04 bits per heavy atom. The fourth-order valence-corrected chi connectivity index (χ4v) is 3.23. The van der Waals surface area contributed by atoms with Gasteiger partial charge in [-0.3, -0.25) is 9.48 Å². The first-order valence-electron chi connectivity index (χ1n) is 8.68. The van der Waals surface area contributed by atoms with Gasteiger partial charge in [-0.1, -0.05) is 18.2 Å². The van der Waals surface area contributed by atoms with Gasteiger partial charge in [0.1, 0.15) is 11.4 Å². The average Bonchev–Trinajstić information content (AvgIpc) is 3.07. The van der Waals surface area contributed by atoms with Crippen molar-refractivity contribution in [3.8, 4) is 5.69 Å². The van der Waals surface area contributed by atoms with Crippen LogP contribution < -0.4 is 10.3 Å². The van der Waals surface area contributed by atoms with Crippen LogP contribution in [-0.4, -0.2) is 33.2 Å². The summed E-state index contributed by atoms with van der Waals surface area (Å²) in [4.78, 5) is 14.4. The zero-order valence-electron chi connectivity index (χ0n) is 15.0. The molecule has 0 saturated carbocycles. The second-order valence-corrected chi connectivity index (χ2v) is 6.62. The molecule has 4 rings (SSSR count). The summed E-state index contributed by atoms with van der Waals surface area (Å²) in [5.41, 5.74) is 5.07. The number of aryl methyl sites for hydroxylation is 3. The molecule has 3 aromatic rings. The number of hydrogen-bond acceptors (Lipinski definition) is 4. The number of hydrogen-bond donors (Lipinski definition) is 0. The number of aromatic nitrogens is 4. The van der Waals surface area contributed by atoms with Gasteiger partial charge in [0.15, 0.2) is 0 Å². The van der Waals surface area contributed by atoms with Crippen LogP contribution >= 0.6 is 0 Å². The van der Waals surface area contributed by atoms with E-state index >= 15 is 0 Å². The van der Waals surface area contributed by atoms with Crippen LogP contribution in [0.5, 0.6) is 0 Å². The molecule has 0 radical (unpaired) electrons. The van der Waals surface area contributed by atoms with E-state index in [4.69, 9.17) is 0 Å². The first kappa shape index (κ1) is 16.3. The first-order chi connectivity index (χ1) is 12.6. The van der Waals surface area contributed by atoms with Crippen molar-refractivity contribution in [1.29, 1.82) is 0 Å². The lowest BCUT2D eigenvalue weighted by Crippen LogP contribution is -2.20. The van der Waals surface area contributed by atoms with Crippen LogP contribution in [0.1, 0.15) is 16.8 Å². The summed E-state index contributed by atoms with van der Waals surface area (Å²) >= 11 is 0. The normalized spacial score (nSPS) is 13.1. The number of nitrogens with zero attached hydrogens (tertiary/aromatic N) is 5. The van der Waals surface area contributed by atoms with Gasteiger partial charge >= 0.3 is 0 Å². The van der Waals surface area contributed by atoms with Crippen molar-refractivity contribution < 1.29 is 0 Å². The molecule has 0 bridgehead atoms. The van der Waals surface area contributed by atoms with E-state index in [1.165, 1.54) is 16.8 Å². The molecule has 0 fully saturated rings. The van der Waals surface area contributed by atoms with E-state index in [2.05, 4.69) is 52.5 Å². The summed E-state index contributed by atoms with van der Waals surface area (Å²) in [6.07, 6.45) is 11.0. The van der Waals surface area contributed by atoms with Gasteiger partial charge in [0.25, 0.3) is 0 Å². The molecule has 1 aliphatic heterocycles. The predicted molar refractivity (Wildman–Crippen MR) is 103 cm³/mol. The number of fused-ring (bicyclic) bond motifs is 1. The summed E-state index contributed by atoms with van der Waals surface area (Å²) < 4.78 is 3.42. The Labute approximate surface area is 152 Å². The molecule has 0 amide bonds. The maximum Gasteiger partial charge on any atom is 0.203 e. The zero-order chi connectivity index (χ0) is 18.1. The van der Waals surface area contributed by atoms with E-state index in [9.17, 15) is 4.79 Å². The van der Waals surface area contributed by atoms with Gasteiger partial charge in [0.2, 0.25) is 5.43 Å². The quantitative estimate of drug-likeness (QED) is 0.726. The van der Waals surface area contributed by atoms with E-state index in [0.29, 0.717) is 12.1 Å². The maximum atomic E-state index is 12.2. The summed E-state index contributed by atoms with van der Waals surface area (Å²) in [7, 11) is 3.95. The molecule has 0 N–H and O–H groups in total. The van der Waals surface area contributed by atoms with E-state index < -0.39 is 0 Å². The van der Waals surface area contributed by atoms with Crippen molar-refractivity contribution in [3.63, 3.8) is 0 Å². The summed E-state index contributed by atoms with van der Waals surface area (Å²) in [5.74, 6) is 0. The SMILES string of the molecule is CN1CC=Cc2cc(CCc3nn(-c4cnn(C)c4)ccc3=O)ccc21. The third kappa shape index (κ3) is 3.18. The summed E-state index contributed by atoms with van der Waals surface area (Å²) in [6, 6.07) is 8.06. The second-order valence-electron chi connectivity index (χ2n) is 6.62. The molecular weight excluding hydrogens is 326 g/mol. The fourth-order valence-electron chi connectivity index (χ4n) is 3.23. The third-order valence-electron chi connectivity index (χ3n) is 4.67. The molecule has 1 aromatic carbocycles. The van der Waals surface area contributed by atoms with Gasteiger partial charge < -0.3 is 4.90 Å². The fraction of sp³-hybridized carbons (Fsp3) is 0.250. The third-order valence-corrected chi connectivity index (χ3v) is 4.67. The first-order valence-corrected chi connectivity index (χ1v) is 8.68. The number of benzene rings is 1. The van der Waals surface area contributed by atoms with Crippen molar-refractivity contribution in [2.75, 3.05) is 18.5 Å². The minimum atomic E-state index is -0.0253. The number of rotatable bonds is 4. The van der Waals surface area contributed by atoms with E-state index in [1.54, 1.807) is 27.8 Å². The highest BCUT2D eigenvalue weighted by Gasteiger charge is 2.11. The molecule has 6 nitrogen and oxygen atoms in total. The Morgan fingerprint density at radius 1 is 1.15 bits per heavy atom. The molecule has 132 valence electrons. The minimum Gasteiger partial charge on any atom is -0.370 e. The zero-order valence-corrected chi connectivity index (χ0v) is 15.0. The van der Waals surface area contributed by atoms with Crippen molar-refractivity contribution in [1.82, 2.24) is 19.6 Å². The van der Waals surface area contributed by atoms with E-state index in [-0.39, 0.29) is 5.43 Å². The molecule has 2 aromatic heterocycles. The van der Waals surface area contributed by atoms with Crippen LogP contribution in [0.3, 0.4) is 0 Å². The van der Waals surface area contributed by atoms with Crippen LogP contribution in [0.15, 0.2) is 53.7 Å². The van der Waals surface area contributed by atoms with Crippen LogP contribution in [0.25, 0.3) is 11.8 Å². The van der Waals surface area contributed by atoms with Crippen LogP contribution in [-0.2, 0) is 19.9 Å². The van der Waals surface area contributed by atoms with Crippen molar-refractivity contribution >= 4 is 11.8 Å². The molecule has 26 heavy (non-hydrogen) atoms. The second kappa shape index (κ2) is 6.63. The highest BCUT2D eigenvalue weighted by Crippen LogP contribution is 2.26. The molecule has 0 unspecified atom stereocenters. The molecule has 1 aliphatic rings. The largest absolute Gasteiger partial charge is 0.370 e. The average molecular weight is 347 g/mol. The summed E-state index contributed by atoms with van der Waals surface area (Å²) in [5, 5.41) is 8.65. The van der Waals surface area contributed by atoms with E-state index in [0.717, 1.165) is 18.7 Å². The Hall–Kier alpha value is -3.15. The molecule has 0 atom stereocenters. The molecule has 0 aliphatic carbocycles. The van der Waals surface area contributed by atoms with Crippen LogP contribution in [0.4, 0.5) is 5.69 Å². The minimum absolute atomic E-state index is 0.0253. The Bertz CT molecular complexity index is 1030. The maximum absolute atomic E-state index is 12.2. The molecule has 0 saturated heterocycles. The highest BCUT2D eigenvalue weighted by molar-refractivity contribution is 5.71.